The summed E-state index contributed by atoms with van der Waals surface area (Å²) in [7, 11) is 0. The van der Waals surface area contributed by atoms with Gasteiger partial charge in [-0.25, -0.2) is 4.98 Å². The number of rotatable bonds is 5. The van der Waals surface area contributed by atoms with Crippen LogP contribution in [0.15, 0.2) is 48.7 Å². The van der Waals surface area contributed by atoms with Crippen molar-refractivity contribution in [1.82, 2.24) is 19.8 Å². The molecule has 0 bridgehead atoms. The zero-order valence-electron chi connectivity index (χ0n) is 17.0. The number of thiazole rings is 1. The summed E-state index contributed by atoms with van der Waals surface area (Å²) in [6.45, 7) is 4.50. The molecule has 2 amide bonds. The van der Waals surface area contributed by atoms with Gasteiger partial charge in [0.1, 0.15) is 9.88 Å². The van der Waals surface area contributed by atoms with E-state index in [0.29, 0.717) is 41.8 Å². The average Bonchev–Trinajstić information content (AvgIpc) is 3.17. The number of halogens is 1. The lowest BCUT2D eigenvalue weighted by molar-refractivity contribution is -0.117. The highest BCUT2D eigenvalue weighted by molar-refractivity contribution is 7.17. The third kappa shape index (κ3) is 5.10. The fraction of sp³-hybridized carbons (Fsp3) is 0.273. The quantitative estimate of drug-likeness (QED) is 0.636. The van der Waals surface area contributed by atoms with Crippen molar-refractivity contribution in [2.75, 3.05) is 38.0 Å². The zero-order valence-corrected chi connectivity index (χ0v) is 18.6. The van der Waals surface area contributed by atoms with Crippen molar-refractivity contribution in [1.29, 1.82) is 0 Å². The van der Waals surface area contributed by atoms with E-state index in [1.807, 2.05) is 47.1 Å². The van der Waals surface area contributed by atoms with Gasteiger partial charge in [0.15, 0.2) is 0 Å². The largest absolute Gasteiger partial charge is 0.335 e. The van der Waals surface area contributed by atoms with E-state index < -0.39 is 0 Å². The number of carbonyl (C=O) groups excluding carboxylic acids is 2. The van der Waals surface area contributed by atoms with Crippen molar-refractivity contribution in [3.05, 3.63) is 64.3 Å². The van der Waals surface area contributed by atoms with Gasteiger partial charge in [0.05, 0.1) is 28.6 Å². The summed E-state index contributed by atoms with van der Waals surface area (Å²) in [5, 5.41) is 4.09. The summed E-state index contributed by atoms with van der Waals surface area (Å²) in [5.41, 5.74) is 2.09. The van der Waals surface area contributed by atoms with Gasteiger partial charge >= 0.3 is 0 Å². The number of para-hydroxylation sites is 1. The molecular weight excluding hydrogens is 434 g/mol. The summed E-state index contributed by atoms with van der Waals surface area (Å²) >= 11 is 7.47. The number of piperazine rings is 1. The van der Waals surface area contributed by atoms with Crippen molar-refractivity contribution in [2.45, 2.75) is 6.92 Å². The Labute approximate surface area is 189 Å². The van der Waals surface area contributed by atoms with Gasteiger partial charge in [-0.05, 0) is 31.2 Å². The van der Waals surface area contributed by atoms with Gasteiger partial charge < -0.3 is 10.2 Å². The molecule has 0 radical (unpaired) electrons. The van der Waals surface area contributed by atoms with E-state index in [9.17, 15) is 9.59 Å². The summed E-state index contributed by atoms with van der Waals surface area (Å²) in [4.78, 5) is 38.7. The Morgan fingerprint density at radius 3 is 2.55 bits per heavy atom. The number of nitrogens with zero attached hydrogens (tertiary/aromatic N) is 4. The first-order valence-electron chi connectivity index (χ1n) is 9.96. The van der Waals surface area contributed by atoms with E-state index >= 15 is 0 Å². The standard InChI is InChI=1S/C22H22ClN5O2S/c1-15-20(31-21(25-15)18-8-4-5-9-24-18)22(30)28-12-10-27(11-13-28)14-19(29)26-17-7-3-2-6-16(17)23/h2-9H,10-14H2,1H3,(H,26,29). The first-order chi connectivity index (χ1) is 15.0. The number of amides is 2. The Morgan fingerprint density at radius 1 is 1.10 bits per heavy atom. The lowest BCUT2D eigenvalue weighted by atomic mass is 10.2. The lowest BCUT2D eigenvalue weighted by Gasteiger charge is -2.34. The summed E-state index contributed by atoms with van der Waals surface area (Å²) in [6, 6.07) is 12.8. The van der Waals surface area contributed by atoms with Crippen LogP contribution in [0.2, 0.25) is 5.02 Å². The van der Waals surface area contributed by atoms with E-state index in [2.05, 4.69) is 15.3 Å². The predicted molar refractivity (Wildman–Crippen MR) is 123 cm³/mol. The van der Waals surface area contributed by atoms with Gasteiger partial charge in [0.25, 0.3) is 5.91 Å². The Bertz CT molecular complexity index is 1080. The third-order valence-corrected chi connectivity index (χ3v) is 6.55. The maximum atomic E-state index is 13.0. The van der Waals surface area contributed by atoms with Crippen LogP contribution in [0.3, 0.4) is 0 Å². The van der Waals surface area contributed by atoms with Crippen LogP contribution in [0.4, 0.5) is 5.69 Å². The van der Waals surface area contributed by atoms with Crippen molar-refractivity contribution in [3.8, 4) is 10.7 Å². The van der Waals surface area contributed by atoms with Crippen LogP contribution < -0.4 is 5.32 Å². The predicted octanol–water partition coefficient (Wildman–Crippen LogP) is 3.56. The molecule has 0 spiro atoms. The van der Waals surface area contributed by atoms with E-state index in [0.717, 1.165) is 16.4 Å². The van der Waals surface area contributed by atoms with Crippen LogP contribution in [0.1, 0.15) is 15.4 Å². The molecule has 1 saturated heterocycles. The van der Waals surface area contributed by atoms with E-state index in [4.69, 9.17) is 11.6 Å². The maximum absolute atomic E-state index is 13.0. The second-order valence-corrected chi connectivity index (χ2v) is 8.65. The number of aryl methyl sites for hydroxylation is 1. The van der Waals surface area contributed by atoms with Gasteiger partial charge in [-0.2, -0.15) is 0 Å². The molecule has 9 heteroatoms. The minimum absolute atomic E-state index is 0.0163. The number of aromatic nitrogens is 2. The highest BCUT2D eigenvalue weighted by Gasteiger charge is 2.26. The Balaban J connectivity index is 1.33. The van der Waals surface area contributed by atoms with Gasteiger partial charge in [0.2, 0.25) is 5.91 Å². The van der Waals surface area contributed by atoms with Crippen LogP contribution >= 0.6 is 22.9 Å². The molecule has 1 N–H and O–H groups in total. The van der Waals surface area contributed by atoms with Gasteiger partial charge in [-0.3, -0.25) is 19.5 Å². The normalized spacial score (nSPS) is 14.5. The molecule has 1 aliphatic heterocycles. The van der Waals surface area contributed by atoms with Crippen molar-refractivity contribution < 1.29 is 9.59 Å². The Kier molecular flexibility index (Phi) is 6.60. The molecular formula is C22H22ClN5O2S. The highest BCUT2D eigenvalue weighted by atomic mass is 35.5. The minimum atomic E-state index is -0.119. The molecule has 160 valence electrons. The smallest absolute Gasteiger partial charge is 0.265 e. The van der Waals surface area contributed by atoms with Crippen LogP contribution in [0.5, 0.6) is 0 Å². The van der Waals surface area contributed by atoms with Gasteiger partial charge in [-0.15, -0.1) is 11.3 Å². The van der Waals surface area contributed by atoms with E-state index in [-0.39, 0.29) is 18.4 Å². The minimum Gasteiger partial charge on any atom is -0.335 e. The topological polar surface area (TPSA) is 78.4 Å². The second-order valence-electron chi connectivity index (χ2n) is 7.24. The molecule has 0 atom stereocenters. The molecule has 1 aliphatic rings. The number of anilines is 1. The van der Waals surface area contributed by atoms with Gasteiger partial charge in [0, 0.05) is 32.4 Å². The third-order valence-electron chi connectivity index (χ3n) is 5.05. The number of carbonyl (C=O) groups is 2. The number of nitrogens with one attached hydrogen (secondary N) is 1. The van der Waals surface area contributed by atoms with E-state index in [1.165, 1.54) is 11.3 Å². The number of pyridine rings is 1. The molecule has 3 aromatic rings. The molecule has 31 heavy (non-hydrogen) atoms. The van der Waals surface area contributed by atoms with E-state index in [1.54, 1.807) is 18.3 Å². The van der Waals surface area contributed by atoms with Crippen molar-refractivity contribution in [2.24, 2.45) is 0 Å². The SMILES string of the molecule is Cc1nc(-c2ccccn2)sc1C(=O)N1CCN(CC(=O)Nc2ccccc2Cl)CC1. The molecule has 2 aromatic heterocycles. The zero-order chi connectivity index (χ0) is 21.8. The molecule has 0 unspecified atom stereocenters. The Hall–Kier alpha value is -2.81. The molecule has 0 saturated carbocycles. The fourth-order valence-electron chi connectivity index (χ4n) is 3.40. The lowest BCUT2D eigenvalue weighted by Crippen LogP contribution is -2.50. The first-order valence-corrected chi connectivity index (χ1v) is 11.2. The fourth-order valence-corrected chi connectivity index (χ4v) is 4.60. The second kappa shape index (κ2) is 9.55. The molecule has 1 fully saturated rings. The van der Waals surface area contributed by atoms with Gasteiger partial charge in [-0.1, -0.05) is 29.8 Å². The average molecular weight is 456 g/mol. The molecule has 0 aliphatic carbocycles. The first kappa shape index (κ1) is 21.4. The van der Waals surface area contributed by atoms with Crippen LogP contribution in [0.25, 0.3) is 10.7 Å². The highest BCUT2D eigenvalue weighted by Crippen LogP contribution is 2.27. The van der Waals surface area contributed by atoms with Crippen molar-refractivity contribution in [3.63, 3.8) is 0 Å². The maximum Gasteiger partial charge on any atom is 0.265 e. The molecule has 3 heterocycles. The summed E-state index contributed by atoms with van der Waals surface area (Å²) in [5.74, 6) is -0.136. The number of hydrogen-bond acceptors (Lipinski definition) is 6. The number of benzene rings is 1. The molecule has 4 rings (SSSR count). The monoisotopic (exact) mass is 455 g/mol. The molecule has 1 aromatic carbocycles. The van der Waals surface area contributed by atoms with Crippen LogP contribution in [-0.2, 0) is 4.79 Å². The molecule has 7 nitrogen and oxygen atoms in total. The summed E-state index contributed by atoms with van der Waals surface area (Å²) in [6.07, 6.45) is 1.72. The van der Waals surface area contributed by atoms with Crippen molar-refractivity contribution >= 4 is 40.4 Å². The van der Waals surface area contributed by atoms with Crippen LogP contribution in [-0.4, -0.2) is 64.3 Å². The number of hydrogen-bond donors (Lipinski definition) is 1. The van der Waals surface area contributed by atoms with Crippen LogP contribution in [0, 0.1) is 6.92 Å². The summed E-state index contributed by atoms with van der Waals surface area (Å²) < 4.78 is 0. The Morgan fingerprint density at radius 2 is 1.84 bits per heavy atom.